The van der Waals surface area contributed by atoms with Crippen LogP contribution in [0.15, 0.2) is 24.3 Å². The summed E-state index contributed by atoms with van der Waals surface area (Å²) in [5.74, 6) is -2.13. The van der Waals surface area contributed by atoms with Crippen molar-refractivity contribution in [2.45, 2.75) is 18.5 Å². The number of ether oxygens (including phenoxy) is 2. The summed E-state index contributed by atoms with van der Waals surface area (Å²) in [5, 5.41) is 3.17. The number of carbonyl (C=O) groups excluding carboxylic acids is 3. The predicted octanol–water partition coefficient (Wildman–Crippen LogP) is 0.502. The molecule has 0 radical (unpaired) electrons. The molecular weight excluding hydrogens is 312 g/mol. The van der Waals surface area contributed by atoms with E-state index in [4.69, 9.17) is 9.47 Å². The molecule has 24 heavy (non-hydrogen) atoms. The van der Waals surface area contributed by atoms with Gasteiger partial charge in [-0.2, -0.15) is 0 Å². The van der Waals surface area contributed by atoms with Gasteiger partial charge in [0.1, 0.15) is 11.3 Å². The Morgan fingerprint density at radius 3 is 2.50 bits per heavy atom. The van der Waals surface area contributed by atoms with Gasteiger partial charge in [-0.25, -0.2) is 0 Å². The Hall–Kier alpha value is -2.41. The number of hydrogen-bond acceptors (Lipinski definition) is 6. The van der Waals surface area contributed by atoms with Crippen LogP contribution in [0.5, 0.6) is 5.75 Å². The average Bonchev–Trinajstić information content (AvgIpc) is 3.04. The lowest BCUT2D eigenvalue weighted by molar-refractivity contribution is -0.152. The van der Waals surface area contributed by atoms with Crippen LogP contribution >= 0.6 is 0 Å². The second-order valence-corrected chi connectivity index (χ2v) is 6.30. The number of rotatable bonds is 3. The number of nitrogens with zero attached hydrogens (tertiary/aromatic N) is 1. The zero-order chi connectivity index (χ0) is 17.6. The van der Waals surface area contributed by atoms with Gasteiger partial charge in [-0.1, -0.05) is 18.2 Å². The summed E-state index contributed by atoms with van der Waals surface area (Å²) in [5.41, 5.74) is -0.540. The van der Waals surface area contributed by atoms with E-state index in [1.54, 1.807) is 20.1 Å². The quantitative estimate of drug-likeness (QED) is 0.641. The Morgan fingerprint density at radius 1 is 1.21 bits per heavy atom. The van der Waals surface area contributed by atoms with Gasteiger partial charge in [-0.3, -0.25) is 24.6 Å². The first-order valence-corrected chi connectivity index (χ1v) is 7.67. The van der Waals surface area contributed by atoms with E-state index < -0.39 is 29.4 Å². The molecule has 7 nitrogen and oxygen atoms in total. The van der Waals surface area contributed by atoms with Crippen LogP contribution in [0.1, 0.15) is 18.5 Å². The summed E-state index contributed by atoms with van der Waals surface area (Å²) in [7, 11) is 4.25. The Labute approximate surface area is 139 Å². The third-order valence-electron chi connectivity index (χ3n) is 5.09. The van der Waals surface area contributed by atoms with Crippen molar-refractivity contribution in [3.8, 4) is 5.75 Å². The molecule has 1 aromatic carbocycles. The zero-order valence-electron chi connectivity index (χ0n) is 14.0. The zero-order valence-corrected chi connectivity index (χ0v) is 14.0. The highest BCUT2D eigenvalue weighted by Crippen LogP contribution is 2.49. The predicted molar refractivity (Wildman–Crippen MR) is 84.0 cm³/mol. The van der Waals surface area contributed by atoms with Crippen LogP contribution in [-0.2, 0) is 19.1 Å². The molecule has 4 atom stereocenters. The lowest BCUT2D eigenvalue weighted by Crippen LogP contribution is -2.53. The number of imide groups is 1. The van der Waals surface area contributed by atoms with Gasteiger partial charge in [0.25, 0.3) is 0 Å². The Balaban J connectivity index is 2.14. The molecular formula is C17H20N2O5. The number of para-hydroxylation sites is 1. The fraction of sp³-hybridized carbons (Fsp3) is 0.471. The highest BCUT2D eigenvalue weighted by molar-refractivity contribution is 6.09. The minimum absolute atomic E-state index is 0.305. The van der Waals surface area contributed by atoms with Gasteiger partial charge in [0.15, 0.2) is 0 Å². The van der Waals surface area contributed by atoms with E-state index in [-0.39, 0.29) is 11.8 Å². The van der Waals surface area contributed by atoms with Crippen LogP contribution in [0.25, 0.3) is 0 Å². The molecule has 2 saturated heterocycles. The van der Waals surface area contributed by atoms with Crippen LogP contribution in [-0.4, -0.2) is 49.5 Å². The van der Waals surface area contributed by atoms with E-state index in [0.29, 0.717) is 5.75 Å². The Bertz CT molecular complexity index is 719. The van der Waals surface area contributed by atoms with E-state index in [0.717, 1.165) is 10.5 Å². The third kappa shape index (κ3) is 2.04. The maximum atomic E-state index is 12.7. The van der Waals surface area contributed by atoms with Crippen molar-refractivity contribution in [2.75, 3.05) is 21.3 Å². The number of fused-ring (bicyclic) bond motifs is 1. The summed E-state index contributed by atoms with van der Waals surface area (Å²) in [6.07, 6.45) is 0. The first kappa shape index (κ1) is 16.4. The van der Waals surface area contributed by atoms with Crippen molar-refractivity contribution in [1.29, 1.82) is 0 Å². The number of esters is 1. The van der Waals surface area contributed by atoms with E-state index in [2.05, 4.69) is 5.32 Å². The Morgan fingerprint density at radius 2 is 1.88 bits per heavy atom. The van der Waals surface area contributed by atoms with Gasteiger partial charge in [0, 0.05) is 18.7 Å². The molecule has 1 N–H and O–H groups in total. The first-order chi connectivity index (χ1) is 11.4. The lowest BCUT2D eigenvalue weighted by atomic mass is 9.80. The molecule has 0 saturated carbocycles. The average molecular weight is 332 g/mol. The van der Waals surface area contributed by atoms with Gasteiger partial charge in [0.05, 0.1) is 26.1 Å². The van der Waals surface area contributed by atoms with E-state index in [9.17, 15) is 14.4 Å². The van der Waals surface area contributed by atoms with Crippen molar-refractivity contribution in [3.63, 3.8) is 0 Å². The van der Waals surface area contributed by atoms with Crippen LogP contribution in [0, 0.1) is 11.8 Å². The highest BCUT2D eigenvalue weighted by Gasteiger charge is 2.66. The molecule has 0 aromatic heterocycles. The van der Waals surface area contributed by atoms with Gasteiger partial charge in [-0.15, -0.1) is 0 Å². The number of hydrogen-bond donors (Lipinski definition) is 1. The third-order valence-corrected chi connectivity index (χ3v) is 5.09. The summed E-state index contributed by atoms with van der Waals surface area (Å²) < 4.78 is 10.3. The Kier molecular flexibility index (Phi) is 3.83. The molecule has 2 fully saturated rings. The van der Waals surface area contributed by atoms with Gasteiger partial charge < -0.3 is 9.47 Å². The molecule has 0 aliphatic carbocycles. The van der Waals surface area contributed by atoms with Crippen molar-refractivity contribution in [2.24, 2.45) is 11.8 Å². The molecule has 0 spiro atoms. The van der Waals surface area contributed by atoms with Crippen LogP contribution < -0.4 is 10.1 Å². The smallest absolute Gasteiger partial charge is 0.326 e. The second-order valence-electron chi connectivity index (χ2n) is 6.30. The molecule has 0 bridgehead atoms. The number of benzene rings is 1. The van der Waals surface area contributed by atoms with E-state index in [1.165, 1.54) is 14.2 Å². The summed E-state index contributed by atoms with van der Waals surface area (Å²) >= 11 is 0. The van der Waals surface area contributed by atoms with Crippen molar-refractivity contribution < 1.29 is 23.9 Å². The molecule has 1 aromatic rings. The summed E-state index contributed by atoms with van der Waals surface area (Å²) in [4.78, 5) is 38.7. The van der Waals surface area contributed by atoms with E-state index in [1.807, 2.05) is 18.2 Å². The maximum Gasteiger partial charge on any atom is 0.326 e. The number of amides is 2. The van der Waals surface area contributed by atoms with Gasteiger partial charge in [0.2, 0.25) is 11.8 Å². The molecule has 0 unspecified atom stereocenters. The second kappa shape index (κ2) is 5.59. The van der Waals surface area contributed by atoms with Crippen molar-refractivity contribution in [1.82, 2.24) is 10.2 Å². The van der Waals surface area contributed by atoms with Crippen LogP contribution in [0.3, 0.4) is 0 Å². The fourth-order valence-corrected chi connectivity index (χ4v) is 3.87. The lowest BCUT2D eigenvalue weighted by Gasteiger charge is -2.28. The molecule has 2 aliphatic heterocycles. The van der Waals surface area contributed by atoms with E-state index >= 15 is 0 Å². The summed E-state index contributed by atoms with van der Waals surface area (Å²) in [6.45, 7) is 1.61. The standard InChI is InChI=1S/C17H20N2O5/c1-17(16(22)24-4)12-11(14(20)19(2)15(12)21)13(18-17)9-7-5-6-8-10(9)23-3/h5-8,11-13,18H,1-4H3/t11-,12+,13-,17+/m0/s1. The first-order valence-electron chi connectivity index (χ1n) is 7.67. The van der Waals surface area contributed by atoms with Crippen LogP contribution in [0.4, 0.5) is 0 Å². The number of nitrogens with one attached hydrogen (secondary N) is 1. The van der Waals surface area contributed by atoms with Gasteiger partial charge in [-0.05, 0) is 13.0 Å². The molecule has 7 heteroatoms. The molecule has 2 heterocycles. The number of likely N-dealkylation sites (tertiary alicyclic amines) is 1. The normalized spacial score (nSPS) is 32.0. The van der Waals surface area contributed by atoms with Crippen molar-refractivity contribution >= 4 is 17.8 Å². The fourth-order valence-electron chi connectivity index (χ4n) is 3.87. The molecule has 3 rings (SSSR count). The largest absolute Gasteiger partial charge is 0.496 e. The SMILES string of the molecule is COC(=O)[C@]1(C)N[C@@H](c2ccccc2OC)[C@H]2C(=O)N(C)C(=O)[C@@H]21. The minimum atomic E-state index is -1.28. The molecule has 2 aliphatic rings. The summed E-state index contributed by atoms with van der Waals surface area (Å²) in [6, 6.07) is 6.74. The van der Waals surface area contributed by atoms with Crippen LogP contribution in [0.2, 0.25) is 0 Å². The van der Waals surface area contributed by atoms with Crippen molar-refractivity contribution in [3.05, 3.63) is 29.8 Å². The van der Waals surface area contributed by atoms with Gasteiger partial charge >= 0.3 is 5.97 Å². The monoisotopic (exact) mass is 332 g/mol. The molecule has 2 amide bonds. The highest BCUT2D eigenvalue weighted by atomic mass is 16.5. The minimum Gasteiger partial charge on any atom is -0.496 e. The topological polar surface area (TPSA) is 84.9 Å². The molecule has 128 valence electrons. The number of carbonyl (C=O) groups is 3. The maximum absolute atomic E-state index is 12.7. The number of methoxy groups -OCH3 is 2.